The Morgan fingerprint density at radius 2 is 1.72 bits per heavy atom. The molecule has 0 bridgehead atoms. The third-order valence-corrected chi connectivity index (χ3v) is 7.13. The van der Waals surface area contributed by atoms with E-state index in [1.807, 2.05) is 36.4 Å². The van der Waals surface area contributed by atoms with E-state index in [0.29, 0.717) is 44.7 Å². The van der Waals surface area contributed by atoms with Gasteiger partial charge in [-0.15, -0.1) is 0 Å². The van der Waals surface area contributed by atoms with Crippen LogP contribution < -0.4 is 15.4 Å². The molecule has 0 aromatic heterocycles. The van der Waals surface area contributed by atoms with Crippen LogP contribution in [0.2, 0.25) is 0 Å². The highest BCUT2D eigenvalue weighted by Gasteiger charge is 2.43. The minimum Gasteiger partial charge on any atom is -0.365 e. The zero-order valence-electron chi connectivity index (χ0n) is 16.2. The number of fused-ring (bicyclic) bond motifs is 1. The topological polar surface area (TPSA) is 90.5 Å². The first kappa shape index (κ1) is 19.9. The zero-order valence-corrected chi connectivity index (χ0v) is 17.0. The number of para-hydroxylation sites is 1. The molecular weight excluding hydrogens is 388 g/mol. The summed E-state index contributed by atoms with van der Waals surface area (Å²) in [6, 6.07) is 17.0. The minimum absolute atomic E-state index is 0.000546. The number of hydrogen-bond acceptors (Lipinski definition) is 5. The van der Waals surface area contributed by atoms with Gasteiger partial charge in [-0.3, -0.25) is 9.69 Å². The Morgan fingerprint density at radius 1 is 1.03 bits per heavy atom. The summed E-state index contributed by atoms with van der Waals surface area (Å²) in [5, 5.41) is 6.34. The van der Waals surface area contributed by atoms with Crippen molar-refractivity contribution in [1.82, 2.24) is 14.9 Å². The number of carbonyl (C=O) groups excluding carboxylic acids is 1. The van der Waals surface area contributed by atoms with E-state index in [2.05, 4.69) is 20.3 Å². The van der Waals surface area contributed by atoms with Gasteiger partial charge in [0.05, 0.1) is 12.2 Å². The van der Waals surface area contributed by atoms with Crippen molar-refractivity contribution in [2.24, 2.45) is 0 Å². The highest BCUT2D eigenvalue weighted by atomic mass is 32.2. The van der Waals surface area contributed by atoms with E-state index >= 15 is 0 Å². The molecule has 1 amide bonds. The molecule has 2 aliphatic rings. The molecule has 4 rings (SSSR count). The molecule has 0 saturated carbocycles. The first-order chi connectivity index (χ1) is 14.0. The summed E-state index contributed by atoms with van der Waals surface area (Å²) in [5.74, 6) is -0.000546. The molecule has 1 saturated heterocycles. The monoisotopic (exact) mass is 414 g/mol. The van der Waals surface area contributed by atoms with Crippen molar-refractivity contribution in [2.45, 2.75) is 29.8 Å². The SMILES string of the molecule is O=C(CN1CCC2(CC1)Nc1ccccc1S(=O)(=O)N2)NCCc1ccccc1. The maximum atomic E-state index is 12.6. The molecule has 2 aliphatic heterocycles. The van der Waals surface area contributed by atoms with Crippen molar-refractivity contribution in [3.05, 3.63) is 60.2 Å². The van der Waals surface area contributed by atoms with Gasteiger partial charge in [0.25, 0.3) is 0 Å². The molecule has 7 nitrogen and oxygen atoms in total. The molecule has 2 aromatic rings. The summed E-state index contributed by atoms with van der Waals surface area (Å²) in [4.78, 5) is 14.6. The third-order valence-electron chi connectivity index (χ3n) is 5.54. The predicted molar refractivity (Wildman–Crippen MR) is 112 cm³/mol. The first-order valence-electron chi connectivity index (χ1n) is 9.90. The summed E-state index contributed by atoms with van der Waals surface area (Å²) < 4.78 is 28.0. The number of likely N-dealkylation sites (tertiary alicyclic amines) is 1. The van der Waals surface area contributed by atoms with Crippen LogP contribution >= 0.6 is 0 Å². The average molecular weight is 415 g/mol. The number of nitrogens with one attached hydrogen (secondary N) is 3. The number of sulfonamides is 1. The Balaban J connectivity index is 1.28. The fraction of sp³-hybridized carbons (Fsp3) is 0.381. The quantitative estimate of drug-likeness (QED) is 0.691. The predicted octanol–water partition coefficient (Wildman–Crippen LogP) is 1.54. The lowest BCUT2D eigenvalue weighted by atomic mass is 9.97. The van der Waals surface area contributed by atoms with Gasteiger partial charge in [0.2, 0.25) is 15.9 Å². The number of amides is 1. The number of hydrogen-bond donors (Lipinski definition) is 3. The van der Waals surface area contributed by atoms with E-state index in [9.17, 15) is 13.2 Å². The second-order valence-corrected chi connectivity index (χ2v) is 9.32. The van der Waals surface area contributed by atoms with E-state index in [1.165, 1.54) is 5.56 Å². The van der Waals surface area contributed by atoms with E-state index in [1.54, 1.807) is 18.2 Å². The highest BCUT2D eigenvalue weighted by molar-refractivity contribution is 7.89. The zero-order chi connectivity index (χ0) is 20.3. The average Bonchev–Trinajstić information content (AvgIpc) is 2.70. The number of benzene rings is 2. The fourth-order valence-electron chi connectivity index (χ4n) is 3.97. The largest absolute Gasteiger partial charge is 0.365 e. The Labute approximate surface area is 171 Å². The van der Waals surface area contributed by atoms with Crippen LogP contribution in [0.5, 0.6) is 0 Å². The molecule has 29 heavy (non-hydrogen) atoms. The van der Waals surface area contributed by atoms with Gasteiger partial charge in [-0.1, -0.05) is 42.5 Å². The Bertz CT molecular complexity index is 970. The van der Waals surface area contributed by atoms with E-state index in [4.69, 9.17) is 0 Å². The summed E-state index contributed by atoms with van der Waals surface area (Å²) in [7, 11) is -3.54. The normalized spacial score (nSPS) is 19.9. The number of carbonyl (C=O) groups is 1. The summed E-state index contributed by atoms with van der Waals surface area (Å²) >= 11 is 0. The fourth-order valence-corrected chi connectivity index (χ4v) is 5.52. The standard InChI is InChI=1S/C21H26N4O3S/c26-20(22-13-10-17-6-2-1-3-7-17)16-25-14-11-21(12-15-25)23-18-8-4-5-9-19(18)29(27,28)24-21/h1-9,23-24H,10-16H2,(H,22,26). The molecule has 1 spiro atoms. The van der Waals surface area contributed by atoms with Gasteiger partial charge >= 0.3 is 0 Å². The van der Waals surface area contributed by atoms with E-state index in [0.717, 1.165) is 6.42 Å². The van der Waals surface area contributed by atoms with Crippen molar-refractivity contribution in [1.29, 1.82) is 0 Å². The lowest BCUT2D eigenvalue weighted by Gasteiger charge is -2.45. The Kier molecular flexibility index (Phi) is 5.58. The molecule has 1 fully saturated rings. The van der Waals surface area contributed by atoms with Crippen molar-refractivity contribution in [2.75, 3.05) is 31.5 Å². The van der Waals surface area contributed by atoms with Gasteiger partial charge < -0.3 is 10.6 Å². The van der Waals surface area contributed by atoms with Crippen molar-refractivity contribution < 1.29 is 13.2 Å². The van der Waals surface area contributed by atoms with E-state index in [-0.39, 0.29) is 10.8 Å². The van der Waals surface area contributed by atoms with Crippen LogP contribution in [0.15, 0.2) is 59.5 Å². The lowest BCUT2D eigenvalue weighted by Crippen LogP contribution is -2.62. The van der Waals surface area contributed by atoms with Crippen molar-refractivity contribution in [3.63, 3.8) is 0 Å². The molecule has 0 atom stereocenters. The summed E-state index contributed by atoms with van der Waals surface area (Å²) in [6.07, 6.45) is 2.00. The maximum Gasteiger partial charge on any atom is 0.244 e. The molecule has 3 N–H and O–H groups in total. The second kappa shape index (κ2) is 8.14. The molecule has 154 valence electrons. The van der Waals surface area contributed by atoms with Crippen LogP contribution in [0.25, 0.3) is 0 Å². The molecule has 2 heterocycles. The maximum absolute atomic E-state index is 12.6. The minimum atomic E-state index is -3.54. The third kappa shape index (κ3) is 4.60. The molecule has 2 aromatic carbocycles. The summed E-state index contributed by atoms with van der Waals surface area (Å²) in [6.45, 7) is 2.22. The Hall–Kier alpha value is -2.42. The lowest BCUT2D eigenvalue weighted by molar-refractivity contribution is -0.122. The van der Waals surface area contributed by atoms with Crippen molar-refractivity contribution >= 4 is 21.6 Å². The van der Waals surface area contributed by atoms with Gasteiger partial charge in [-0.2, -0.15) is 4.72 Å². The Morgan fingerprint density at radius 3 is 2.48 bits per heavy atom. The number of piperidine rings is 1. The number of anilines is 1. The van der Waals surface area contributed by atoms with Gasteiger partial charge in [-0.05, 0) is 37.0 Å². The summed E-state index contributed by atoms with van der Waals surface area (Å²) in [5.41, 5.74) is 1.15. The van der Waals surface area contributed by atoms with Gasteiger partial charge in [0.15, 0.2) is 0 Å². The molecular formula is C21H26N4O3S. The van der Waals surface area contributed by atoms with Gasteiger partial charge in [0.1, 0.15) is 10.6 Å². The van der Waals surface area contributed by atoms with Gasteiger partial charge in [0, 0.05) is 19.6 Å². The molecule has 0 radical (unpaired) electrons. The second-order valence-electron chi connectivity index (χ2n) is 7.67. The van der Waals surface area contributed by atoms with Gasteiger partial charge in [-0.25, -0.2) is 8.42 Å². The smallest absolute Gasteiger partial charge is 0.244 e. The van der Waals surface area contributed by atoms with Crippen LogP contribution in [0, 0.1) is 0 Å². The van der Waals surface area contributed by atoms with Crippen molar-refractivity contribution in [3.8, 4) is 0 Å². The first-order valence-corrected chi connectivity index (χ1v) is 11.4. The van der Waals surface area contributed by atoms with Crippen LogP contribution in [0.4, 0.5) is 5.69 Å². The van der Waals surface area contributed by atoms with Crippen LogP contribution in [-0.4, -0.2) is 51.1 Å². The molecule has 8 heteroatoms. The number of nitrogens with zero attached hydrogens (tertiary/aromatic N) is 1. The highest BCUT2D eigenvalue weighted by Crippen LogP contribution is 2.34. The molecule has 0 unspecified atom stereocenters. The van der Waals surface area contributed by atoms with Crippen LogP contribution in [0.3, 0.4) is 0 Å². The molecule has 0 aliphatic carbocycles. The van der Waals surface area contributed by atoms with Crippen LogP contribution in [0.1, 0.15) is 18.4 Å². The number of rotatable bonds is 5. The van der Waals surface area contributed by atoms with E-state index < -0.39 is 15.7 Å². The van der Waals surface area contributed by atoms with Crippen LogP contribution in [-0.2, 0) is 21.2 Å².